The number of methoxy groups -OCH3 is 1. The number of hydrogen-bond acceptors (Lipinski definition) is 7. The molecule has 0 bridgehead atoms. The number of carbonyl (C=O) groups excluding carboxylic acids is 2. The minimum atomic E-state index is -0.306. The van der Waals surface area contributed by atoms with Crippen LogP contribution in [0.3, 0.4) is 0 Å². The summed E-state index contributed by atoms with van der Waals surface area (Å²) in [5.41, 5.74) is 0.673. The second kappa shape index (κ2) is 9.00. The first-order valence-electron chi connectivity index (χ1n) is 7.98. The van der Waals surface area contributed by atoms with E-state index < -0.39 is 0 Å². The van der Waals surface area contributed by atoms with Gasteiger partial charge >= 0.3 is 11.9 Å². The van der Waals surface area contributed by atoms with Crippen LogP contribution in [0.2, 0.25) is 0 Å². The number of nitrogens with zero attached hydrogens (tertiary/aromatic N) is 2. The molecule has 1 aromatic rings. The van der Waals surface area contributed by atoms with Crippen molar-refractivity contribution in [1.29, 1.82) is 0 Å². The molecule has 0 N–H and O–H groups in total. The summed E-state index contributed by atoms with van der Waals surface area (Å²) in [6.45, 7) is 2.68. The lowest BCUT2D eigenvalue weighted by Gasteiger charge is -2.09. The molecular formula is C17H22N2O5. The van der Waals surface area contributed by atoms with Gasteiger partial charge in [0.25, 0.3) is 0 Å². The average molecular weight is 334 g/mol. The van der Waals surface area contributed by atoms with Gasteiger partial charge in [-0.3, -0.25) is 9.59 Å². The maximum atomic E-state index is 11.6. The Bertz CT molecular complexity index is 615. The van der Waals surface area contributed by atoms with Crippen LogP contribution in [0.1, 0.15) is 32.6 Å². The molecular weight excluding hydrogens is 312 g/mol. The van der Waals surface area contributed by atoms with E-state index in [0.717, 1.165) is 6.42 Å². The molecule has 2 heterocycles. The van der Waals surface area contributed by atoms with Crippen molar-refractivity contribution in [1.82, 2.24) is 4.98 Å². The molecule has 0 amide bonds. The lowest BCUT2D eigenvalue weighted by atomic mass is 10.0. The molecule has 0 saturated carbocycles. The van der Waals surface area contributed by atoms with Gasteiger partial charge in [0, 0.05) is 24.8 Å². The highest BCUT2D eigenvalue weighted by Crippen LogP contribution is 2.26. The lowest BCUT2D eigenvalue weighted by molar-refractivity contribution is -0.141. The second-order valence-electron chi connectivity index (χ2n) is 5.47. The highest BCUT2D eigenvalue weighted by Gasteiger charge is 2.29. The fraction of sp³-hybridized carbons (Fsp3) is 0.529. The molecule has 1 saturated heterocycles. The van der Waals surface area contributed by atoms with Crippen molar-refractivity contribution in [3.05, 3.63) is 18.3 Å². The molecule has 7 nitrogen and oxygen atoms in total. The Hall–Kier alpha value is -2.44. The topological polar surface area (TPSA) is 87.1 Å². The van der Waals surface area contributed by atoms with Crippen molar-refractivity contribution in [2.24, 2.45) is 10.9 Å². The zero-order chi connectivity index (χ0) is 17.4. The maximum absolute atomic E-state index is 11.6. The monoisotopic (exact) mass is 334 g/mol. The van der Waals surface area contributed by atoms with E-state index in [0.29, 0.717) is 49.8 Å². The van der Waals surface area contributed by atoms with Gasteiger partial charge in [-0.1, -0.05) is 0 Å². The number of cyclic esters (lactones) is 1. The van der Waals surface area contributed by atoms with Crippen LogP contribution in [0, 0.1) is 5.92 Å². The van der Waals surface area contributed by atoms with Crippen LogP contribution in [0.4, 0.5) is 5.82 Å². The van der Waals surface area contributed by atoms with Gasteiger partial charge in [0.05, 0.1) is 26.2 Å². The van der Waals surface area contributed by atoms with Gasteiger partial charge in [-0.2, -0.15) is 0 Å². The van der Waals surface area contributed by atoms with E-state index in [1.807, 2.05) is 0 Å². The van der Waals surface area contributed by atoms with E-state index in [1.54, 1.807) is 25.3 Å². The van der Waals surface area contributed by atoms with E-state index in [2.05, 4.69) is 14.7 Å². The largest absolute Gasteiger partial charge is 0.490 e. The van der Waals surface area contributed by atoms with Crippen molar-refractivity contribution in [2.45, 2.75) is 32.6 Å². The first kappa shape index (κ1) is 17.9. The molecule has 7 heteroatoms. The van der Waals surface area contributed by atoms with Crippen LogP contribution < -0.4 is 4.74 Å². The molecule has 2 rings (SSSR count). The summed E-state index contributed by atoms with van der Waals surface area (Å²) in [6, 6.07) is 3.55. The molecule has 1 atom stereocenters. The first-order chi connectivity index (χ1) is 11.6. The highest BCUT2D eigenvalue weighted by atomic mass is 16.5. The van der Waals surface area contributed by atoms with Crippen LogP contribution in [0.25, 0.3) is 0 Å². The Kier molecular flexibility index (Phi) is 6.72. The minimum Gasteiger partial charge on any atom is -0.490 e. The number of hydrogen-bond donors (Lipinski definition) is 0. The van der Waals surface area contributed by atoms with Crippen LogP contribution >= 0.6 is 0 Å². The summed E-state index contributed by atoms with van der Waals surface area (Å²) in [5.74, 6) is 0.238. The summed E-state index contributed by atoms with van der Waals surface area (Å²) in [4.78, 5) is 31.3. The van der Waals surface area contributed by atoms with Crippen molar-refractivity contribution in [3.8, 4) is 5.75 Å². The van der Waals surface area contributed by atoms with Gasteiger partial charge in [-0.25, -0.2) is 9.98 Å². The molecule has 0 radical (unpaired) electrons. The number of carbonyl (C=O) groups is 2. The Balaban J connectivity index is 1.92. The number of aromatic nitrogens is 1. The number of unbranched alkanes of at least 4 members (excludes halogenated alkanes) is 1. The Morgan fingerprint density at radius 2 is 2.29 bits per heavy atom. The normalized spacial score (nSPS) is 17.5. The van der Waals surface area contributed by atoms with E-state index in [9.17, 15) is 9.59 Å². The average Bonchev–Trinajstić information content (AvgIpc) is 3.01. The fourth-order valence-corrected chi connectivity index (χ4v) is 2.35. The second-order valence-corrected chi connectivity index (χ2v) is 5.47. The van der Waals surface area contributed by atoms with Gasteiger partial charge in [0.2, 0.25) is 0 Å². The van der Waals surface area contributed by atoms with Gasteiger partial charge in [0.15, 0.2) is 11.6 Å². The molecule has 1 aliphatic heterocycles. The molecule has 0 spiro atoms. The summed E-state index contributed by atoms with van der Waals surface area (Å²) in [5, 5.41) is 0. The third-order valence-corrected chi connectivity index (χ3v) is 3.73. The van der Waals surface area contributed by atoms with Crippen molar-refractivity contribution in [2.75, 3.05) is 20.3 Å². The van der Waals surface area contributed by atoms with Gasteiger partial charge < -0.3 is 14.2 Å². The van der Waals surface area contributed by atoms with Crippen molar-refractivity contribution in [3.63, 3.8) is 0 Å². The minimum absolute atomic E-state index is 0.222. The number of ether oxygens (including phenoxy) is 3. The summed E-state index contributed by atoms with van der Waals surface area (Å²) < 4.78 is 15.3. The van der Waals surface area contributed by atoms with Crippen LogP contribution in [-0.4, -0.2) is 43.0 Å². The van der Waals surface area contributed by atoms with Crippen LogP contribution in [0.15, 0.2) is 23.3 Å². The third-order valence-electron chi connectivity index (χ3n) is 3.73. The van der Waals surface area contributed by atoms with E-state index in [-0.39, 0.29) is 17.9 Å². The SMILES string of the molecule is COC(=O)CCCCOc1cccnc1N=C(C)C1CCOC1=O. The number of aliphatic imine (C=N–C) groups is 1. The Morgan fingerprint density at radius 1 is 1.46 bits per heavy atom. The number of rotatable bonds is 8. The number of esters is 2. The lowest BCUT2D eigenvalue weighted by Crippen LogP contribution is -2.16. The van der Waals surface area contributed by atoms with Gasteiger partial charge in [0.1, 0.15) is 0 Å². The van der Waals surface area contributed by atoms with E-state index in [1.165, 1.54) is 7.11 Å². The van der Waals surface area contributed by atoms with Crippen LogP contribution in [0.5, 0.6) is 5.75 Å². The third kappa shape index (κ3) is 5.04. The molecule has 0 aromatic carbocycles. The zero-order valence-corrected chi connectivity index (χ0v) is 14.0. The molecule has 130 valence electrons. The van der Waals surface area contributed by atoms with E-state index in [4.69, 9.17) is 9.47 Å². The Morgan fingerprint density at radius 3 is 3.00 bits per heavy atom. The van der Waals surface area contributed by atoms with Gasteiger partial charge in [-0.15, -0.1) is 0 Å². The molecule has 1 aliphatic rings. The van der Waals surface area contributed by atoms with Crippen molar-refractivity contribution < 1.29 is 23.8 Å². The summed E-state index contributed by atoms with van der Waals surface area (Å²) in [6.07, 6.45) is 4.06. The molecule has 24 heavy (non-hydrogen) atoms. The predicted molar refractivity (Wildman–Crippen MR) is 87.4 cm³/mol. The highest BCUT2D eigenvalue weighted by molar-refractivity contribution is 6.02. The molecule has 1 unspecified atom stereocenters. The molecule has 0 aliphatic carbocycles. The zero-order valence-electron chi connectivity index (χ0n) is 14.0. The number of pyridine rings is 1. The van der Waals surface area contributed by atoms with Crippen LogP contribution in [-0.2, 0) is 19.1 Å². The summed E-state index contributed by atoms with van der Waals surface area (Å²) in [7, 11) is 1.38. The van der Waals surface area contributed by atoms with E-state index >= 15 is 0 Å². The smallest absolute Gasteiger partial charge is 0.314 e. The summed E-state index contributed by atoms with van der Waals surface area (Å²) >= 11 is 0. The molecule has 1 aromatic heterocycles. The first-order valence-corrected chi connectivity index (χ1v) is 7.98. The predicted octanol–water partition coefficient (Wildman–Crippen LogP) is 2.46. The standard InChI is InChI=1S/C17H22N2O5/c1-12(13-8-11-24-17(13)21)19-16-14(6-5-9-18-16)23-10-4-3-7-15(20)22-2/h5-6,9,13H,3-4,7-8,10-11H2,1-2H3. The van der Waals surface area contributed by atoms with Crippen molar-refractivity contribution >= 4 is 23.5 Å². The van der Waals surface area contributed by atoms with Gasteiger partial charge in [-0.05, 0) is 31.9 Å². The Labute approximate surface area is 141 Å². The maximum Gasteiger partial charge on any atom is 0.314 e. The molecule has 1 fully saturated rings. The fourth-order valence-electron chi connectivity index (χ4n) is 2.35. The quantitative estimate of drug-likeness (QED) is 0.412.